The maximum absolute atomic E-state index is 2.48. The summed E-state index contributed by atoms with van der Waals surface area (Å²) in [4.78, 5) is 4.07. The molecular weight excluding hydrogens is 214 g/mol. The number of nitrogens with zero attached hydrogens (tertiary/aromatic N) is 1. The average molecular weight is 237 g/mol. The largest absolute Gasteiger partial charge is 0.305 e. The highest BCUT2D eigenvalue weighted by Crippen LogP contribution is 2.44. The van der Waals surface area contributed by atoms with Crippen LogP contribution in [-0.2, 0) is 0 Å². The van der Waals surface area contributed by atoms with E-state index in [-0.39, 0.29) is 0 Å². The Balaban J connectivity index is 2.25. The van der Waals surface area contributed by atoms with Crippen molar-refractivity contribution < 1.29 is 0 Å². The molecule has 1 aromatic heterocycles. The summed E-state index contributed by atoms with van der Waals surface area (Å²) in [5.74, 6) is 1.53. The summed E-state index contributed by atoms with van der Waals surface area (Å²) in [5, 5.41) is 2.29. The molecule has 16 heavy (non-hydrogen) atoms. The minimum absolute atomic E-state index is 0.410. The third-order valence-electron chi connectivity index (χ3n) is 3.73. The molecule has 0 spiro atoms. The predicted octanol–water partition coefficient (Wildman–Crippen LogP) is 3.75. The monoisotopic (exact) mass is 237 g/mol. The summed E-state index contributed by atoms with van der Waals surface area (Å²) in [6.45, 7) is 11.8. The third-order valence-corrected chi connectivity index (χ3v) is 4.91. The Hall–Kier alpha value is -0.340. The fourth-order valence-corrected chi connectivity index (χ4v) is 3.87. The number of hydrogen-bond donors (Lipinski definition) is 0. The fourth-order valence-electron chi connectivity index (χ4n) is 2.81. The standard InChI is InChI=1S/C14H23NS/c1-10-6-13(16-9-10)11-7-15(5)8-12(11)14(2,3)4/h6,9,11-12H,7-8H2,1-5H3. The van der Waals surface area contributed by atoms with Crippen LogP contribution in [0.2, 0.25) is 0 Å². The molecule has 1 aliphatic heterocycles. The number of thiophene rings is 1. The van der Waals surface area contributed by atoms with E-state index in [1.807, 2.05) is 11.3 Å². The van der Waals surface area contributed by atoms with Gasteiger partial charge in [-0.15, -0.1) is 11.3 Å². The zero-order chi connectivity index (χ0) is 11.9. The van der Waals surface area contributed by atoms with E-state index in [0.29, 0.717) is 5.41 Å². The van der Waals surface area contributed by atoms with Crippen LogP contribution in [0.3, 0.4) is 0 Å². The van der Waals surface area contributed by atoms with Crippen LogP contribution < -0.4 is 0 Å². The van der Waals surface area contributed by atoms with Gasteiger partial charge in [-0.2, -0.15) is 0 Å². The van der Waals surface area contributed by atoms with Gasteiger partial charge >= 0.3 is 0 Å². The summed E-state index contributed by atoms with van der Waals surface area (Å²) < 4.78 is 0. The Morgan fingerprint density at radius 2 is 2.00 bits per heavy atom. The van der Waals surface area contributed by atoms with Crippen molar-refractivity contribution in [1.82, 2.24) is 4.90 Å². The van der Waals surface area contributed by atoms with Gasteiger partial charge in [-0.05, 0) is 42.3 Å². The first-order chi connectivity index (χ1) is 7.38. The Labute approximate surface area is 103 Å². The van der Waals surface area contributed by atoms with Crippen molar-refractivity contribution >= 4 is 11.3 Å². The minimum Gasteiger partial charge on any atom is -0.305 e. The van der Waals surface area contributed by atoms with Gasteiger partial charge in [0.05, 0.1) is 0 Å². The molecule has 2 heteroatoms. The molecule has 0 saturated carbocycles. The molecule has 2 rings (SSSR count). The van der Waals surface area contributed by atoms with Gasteiger partial charge in [-0.3, -0.25) is 0 Å². The van der Waals surface area contributed by atoms with Crippen molar-refractivity contribution in [2.24, 2.45) is 11.3 Å². The molecule has 90 valence electrons. The molecule has 1 aromatic rings. The van der Waals surface area contributed by atoms with Crippen LogP contribution in [0.1, 0.15) is 37.1 Å². The van der Waals surface area contributed by atoms with Gasteiger partial charge in [0.1, 0.15) is 0 Å². The lowest BCUT2D eigenvalue weighted by Crippen LogP contribution is -2.26. The molecule has 2 unspecified atom stereocenters. The van der Waals surface area contributed by atoms with E-state index in [4.69, 9.17) is 0 Å². The molecule has 2 heterocycles. The number of aryl methyl sites for hydroxylation is 1. The van der Waals surface area contributed by atoms with E-state index in [2.05, 4.69) is 51.1 Å². The lowest BCUT2D eigenvalue weighted by atomic mass is 9.74. The van der Waals surface area contributed by atoms with Crippen LogP contribution in [0.4, 0.5) is 0 Å². The van der Waals surface area contributed by atoms with Gasteiger partial charge in [0.15, 0.2) is 0 Å². The van der Waals surface area contributed by atoms with Crippen LogP contribution in [0.15, 0.2) is 11.4 Å². The van der Waals surface area contributed by atoms with Gasteiger partial charge in [-0.1, -0.05) is 20.8 Å². The van der Waals surface area contributed by atoms with E-state index >= 15 is 0 Å². The highest BCUT2D eigenvalue weighted by Gasteiger charge is 2.39. The first-order valence-corrected chi connectivity index (χ1v) is 6.99. The van der Waals surface area contributed by atoms with Crippen LogP contribution in [-0.4, -0.2) is 25.0 Å². The maximum atomic E-state index is 2.48. The van der Waals surface area contributed by atoms with Gasteiger partial charge in [-0.25, -0.2) is 0 Å². The van der Waals surface area contributed by atoms with Crippen LogP contribution >= 0.6 is 11.3 Å². The first kappa shape index (κ1) is 12.1. The van der Waals surface area contributed by atoms with Crippen molar-refractivity contribution in [3.63, 3.8) is 0 Å². The van der Waals surface area contributed by atoms with Crippen molar-refractivity contribution in [3.8, 4) is 0 Å². The van der Waals surface area contributed by atoms with E-state index < -0.39 is 0 Å². The zero-order valence-electron chi connectivity index (χ0n) is 11.1. The smallest absolute Gasteiger partial charge is 0.0106 e. The topological polar surface area (TPSA) is 3.24 Å². The van der Waals surface area contributed by atoms with E-state index in [1.54, 1.807) is 4.88 Å². The molecule has 0 radical (unpaired) electrons. The van der Waals surface area contributed by atoms with Gasteiger partial charge < -0.3 is 4.90 Å². The molecule has 1 fully saturated rings. The Bertz CT molecular complexity index is 361. The second kappa shape index (κ2) is 4.15. The highest BCUT2D eigenvalue weighted by molar-refractivity contribution is 7.10. The Kier molecular flexibility index (Phi) is 3.15. The molecule has 1 aliphatic rings. The highest BCUT2D eigenvalue weighted by atomic mass is 32.1. The molecule has 0 N–H and O–H groups in total. The minimum atomic E-state index is 0.410. The quantitative estimate of drug-likeness (QED) is 0.719. The fraction of sp³-hybridized carbons (Fsp3) is 0.714. The molecule has 0 amide bonds. The van der Waals surface area contributed by atoms with Crippen LogP contribution in [0, 0.1) is 18.3 Å². The SMILES string of the molecule is Cc1csc(C2CN(C)CC2C(C)(C)C)c1. The number of hydrogen-bond acceptors (Lipinski definition) is 2. The van der Waals surface area contributed by atoms with Crippen molar-refractivity contribution in [2.45, 2.75) is 33.6 Å². The number of likely N-dealkylation sites (tertiary alicyclic amines) is 1. The Morgan fingerprint density at radius 3 is 2.50 bits per heavy atom. The van der Waals surface area contributed by atoms with E-state index in [0.717, 1.165) is 11.8 Å². The summed E-state index contributed by atoms with van der Waals surface area (Å²) in [5.41, 5.74) is 1.83. The normalized spacial score (nSPS) is 27.6. The maximum Gasteiger partial charge on any atom is 0.0106 e. The lowest BCUT2D eigenvalue weighted by Gasteiger charge is -2.31. The number of rotatable bonds is 1. The summed E-state index contributed by atoms with van der Waals surface area (Å²) >= 11 is 1.94. The summed E-state index contributed by atoms with van der Waals surface area (Å²) in [7, 11) is 2.25. The molecule has 1 nitrogen and oxygen atoms in total. The second-order valence-corrected chi connectivity index (χ2v) is 7.27. The summed E-state index contributed by atoms with van der Waals surface area (Å²) in [6.07, 6.45) is 0. The average Bonchev–Trinajstić information content (AvgIpc) is 2.70. The Morgan fingerprint density at radius 1 is 1.31 bits per heavy atom. The number of likely N-dealkylation sites (N-methyl/N-ethyl adjacent to an activating group) is 1. The van der Waals surface area contributed by atoms with E-state index in [9.17, 15) is 0 Å². The van der Waals surface area contributed by atoms with Gasteiger partial charge in [0.25, 0.3) is 0 Å². The van der Waals surface area contributed by atoms with Crippen LogP contribution in [0.25, 0.3) is 0 Å². The molecule has 0 bridgehead atoms. The molecular formula is C14H23NS. The zero-order valence-corrected chi connectivity index (χ0v) is 11.9. The van der Waals surface area contributed by atoms with Crippen molar-refractivity contribution in [2.75, 3.05) is 20.1 Å². The third kappa shape index (κ3) is 2.33. The summed E-state index contributed by atoms with van der Waals surface area (Å²) in [6, 6.07) is 2.38. The molecule has 1 saturated heterocycles. The van der Waals surface area contributed by atoms with Crippen molar-refractivity contribution in [1.29, 1.82) is 0 Å². The first-order valence-electron chi connectivity index (χ1n) is 6.11. The van der Waals surface area contributed by atoms with Gasteiger partial charge in [0.2, 0.25) is 0 Å². The lowest BCUT2D eigenvalue weighted by molar-refractivity contribution is 0.227. The second-order valence-electron chi connectivity index (χ2n) is 6.33. The molecule has 2 atom stereocenters. The van der Waals surface area contributed by atoms with Gasteiger partial charge in [0, 0.05) is 23.9 Å². The van der Waals surface area contributed by atoms with Crippen LogP contribution in [0.5, 0.6) is 0 Å². The van der Waals surface area contributed by atoms with E-state index in [1.165, 1.54) is 18.7 Å². The molecule has 0 aliphatic carbocycles. The molecule has 0 aromatic carbocycles. The predicted molar refractivity (Wildman–Crippen MR) is 72.2 cm³/mol. The van der Waals surface area contributed by atoms with Crippen molar-refractivity contribution in [3.05, 3.63) is 21.9 Å².